The molecule has 0 aliphatic carbocycles. The molecule has 1 aromatic carbocycles. The molecule has 1 aromatic rings. The van der Waals surface area contributed by atoms with Crippen molar-refractivity contribution in [3.63, 3.8) is 0 Å². The number of carbonyl (C=O) groups is 3. The summed E-state index contributed by atoms with van der Waals surface area (Å²) in [6, 6.07) is 4.74. The molecule has 3 N–H and O–H groups in total. The summed E-state index contributed by atoms with van der Waals surface area (Å²) in [4.78, 5) is 35.3. The van der Waals surface area contributed by atoms with Crippen molar-refractivity contribution >= 4 is 53.7 Å². The van der Waals surface area contributed by atoms with E-state index in [0.29, 0.717) is 42.4 Å². The molecule has 32 heavy (non-hydrogen) atoms. The number of methoxy groups -OCH3 is 1. The average Bonchev–Trinajstić information content (AvgIpc) is 2.75. The number of hydrogen-bond acceptors (Lipinski definition) is 6. The number of amides is 1. The van der Waals surface area contributed by atoms with Crippen LogP contribution >= 0.6 is 35.8 Å². The zero-order valence-electron chi connectivity index (χ0n) is 17.0. The van der Waals surface area contributed by atoms with Gasteiger partial charge in [0.1, 0.15) is 0 Å². The normalized spacial score (nSPS) is 16.4. The quantitative estimate of drug-likeness (QED) is 0.407. The van der Waals surface area contributed by atoms with Gasteiger partial charge in [-0.3, -0.25) is 9.59 Å². The largest absolute Gasteiger partial charge is 0.490 e. The minimum absolute atomic E-state index is 0.144. The number of esters is 1. The number of carbonyl (C=O) groups excluding carboxylic acids is 2. The number of likely N-dealkylation sites (tertiary alicyclic amines) is 1. The first-order chi connectivity index (χ1) is 14.8. The number of nitrogens with two attached hydrogens (primary N) is 1. The molecule has 180 valence electrons. The van der Waals surface area contributed by atoms with E-state index in [1.807, 2.05) is 6.07 Å². The molecule has 0 bridgehead atoms. The third kappa shape index (κ3) is 7.43. The zero-order chi connectivity index (χ0) is 24.7. The van der Waals surface area contributed by atoms with Crippen LogP contribution in [0.2, 0.25) is 10.0 Å². The highest BCUT2D eigenvalue weighted by atomic mass is 35.5. The van der Waals surface area contributed by atoms with Gasteiger partial charge in [0.15, 0.2) is 0 Å². The topological polar surface area (TPSA) is 110 Å². The van der Waals surface area contributed by atoms with Crippen molar-refractivity contribution in [3.05, 3.63) is 33.8 Å². The number of carboxylic acids is 1. The number of carboxylic acid groups (broad SMARTS) is 1. The van der Waals surface area contributed by atoms with E-state index >= 15 is 0 Å². The highest BCUT2D eigenvalue weighted by Gasteiger charge is 2.44. The van der Waals surface area contributed by atoms with Gasteiger partial charge < -0.3 is 20.5 Å². The van der Waals surface area contributed by atoms with Crippen LogP contribution in [0, 0.1) is 5.41 Å². The molecule has 0 spiro atoms. The number of benzene rings is 1. The Kier molecular flexibility index (Phi) is 10.6. The number of aliphatic carboxylic acids is 1. The van der Waals surface area contributed by atoms with Crippen molar-refractivity contribution in [1.29, 1.82) is 0 Å². The summed E-state index contributed by atoms with van der Waals surface area (Å²) in [6.45, 7) is 0.876. The number of nitrogens with zero attached hydrogens (tertiary/aromatic N) is 1. The Morgan fingerprint density at radius 2 is 1.81 bits per heavy atom. The van der Waals surface area contributed by atoms with Gasteiger partial charge in [-0.1, -0.05) is 35.3 Å². The fourth-order valence-corrected chi connectivity index (χ4v) is 3.73. The van der Waals surface area contributed by atoms with Gasteiger partial charge in [-0.25, -0.2) is 4.79 Å². The first-order valence-corrected chi connectivity index (χ1v) is 10.6. The third-order valence-corrected chi connectivity index (χ3v) is 6.22. The second-order valence-corrected chi connectivity index (χ2v) is 8.23. The molecular formula is C19H23Cl2F3N2O5S. The van der Waals surface area contributed by atoms with Gasteiger partial charge in [0.2, 0.25) is 5.91 Å². The minimum Gasteiger partial charge on any atom is -0.475 e. The Balaban J connectivity index is 0.000000633. The maximum absolute atomic E-state index is 12.5. The summed E-state index contributed by atoms with van der Waals surface area (Å²) in [6.07, 6.45) is -3.71. The van der Waals surface area contributed by atoms with E-state index in [1.54, 1.807) is 17.0 Å². The molecule has 13 heteroatoms. The molecule has 0 unspecified atom stereocenters. The maximum Gasteiger partial charge on any atom is 0.490 e. The van der Waals surface area contributed by atoms with Crippen LogP contribution < -0.4 is 5.73 Å². The maximum atomic E-state index is 12.5. The van der Waals surface area contributed by atoms with Crippen LogP contribution in [0.25, 0.3) is 0 Å². The molecule has 0 radical (unpaired) electrons. The Bertz CT molecular complexity index is 834. The predicted octanol–water partition coefficient (Wildman–Crippen LogP) is 3.21. The number of ether oxygens (including phenoxy) is 1. The van der Waals surface area contributed by atoms with Crippen molar-refractivity contribution in [2.75, 3.05) is 26.0 Å². The molecule has 1 fully saturated rings. The SMILES string of the molecule is COC(=O)C1(Cc2cccc(Cl)c2Cl)CCN(C(=O)[C@@H](N)CS)CC1.O=C(O)C(F)(F)F. The molecule has 1 aliphatic rings. The molecule has 0 saturated carbocycles. The highest BCUT2D eigenvalue weighted by molar-refractivity contribution is 7.80. The van der Waals surface area contributed by atoms with Crippen molar-refractivity contribution in [3.8, 4) is 0 Å². The molecule has 1 heterocycles. The molecule has 1 saturated heterocycles. The first kappa shape index (κ1) is 28.3. The van der Waals surface area contributed by atoms with Gasteiger partial charge in [-0.15, -0.1) is 0 Å². The summed E-state index contributed by atoms with van der Waals surface area (Å²) in [7, 11) is 1.37. The summed E-state index contributed by atoms with van der Waals surface area (Å²) in [5.41, 5.74) is 5.84. The Morgan fingerprint density at radius 3 is 2.25 bits per heavy atom. The van der Waals surface area contributed by atoms with Crippen LogP contribution in [0.1, 0.15) is 18.4 Å². The molecule has 2 rings (SSSR count). The monoisotopic (exact) mass is 518 g/mol. The lowest BCUT2D eigenvalue weighted by Crippen LogP contribution is -2.52. The second-order valence-electron chi connectivity index (χ2n) is 7.08. The lowest BCUT2D eigenvalue weighted by Gasteiger charge is -2.40. The fraction of sp³-hybridized carbons (Fsp3) is 0.526. The van der Waals surface area contributed by atoms with Crippen molar-refractivity contribution < 1.29 is 37.4 Å². The fourth-order valence-electron chi connectivity index (χ4n) is 3.19. The van der Waals surface area contributed by atoms with Crippen molar-refractivity contribution in [2.45, 2.75) is 31.5 Å². The highest BCUT2D eigenvalue weighted by Crippen LogP contribution is 2.39. The van der Waals surface area contributed by atoms with Crippen LogP contribution in [0.5, 0.6) is 0 Å². The number of rotatable bonds is 5. The Morgan fingerprint density at radius 1 is 1.28 bits per heavy atom. The Labute approximate surface area is 198 Å². The van der Waals surface area contributed by atoms with E-state index in [9.17, 15) is 22.8 Å². The zero-order valence-corrected chi connectivity index (χ0v) is 19.4. The summed E-state index contributed by atoms with van der Waals surface area (Å²) >= 11 is 16.4. The number of piperidine rings is 1. The van der Waals surface area contributed by atoms with Gasteiger partial charge in [-0.05, 0) is 30.9 Å². The van der Waals surface area contributed by atoms with Gasteiger partial charge in [-0.2, -0.15) is 25.8 Å². The number of halogens is 5. The summed E-state index contributed by atoms with van der Waals surface area (Å²) in [5, 5.41) is 8.02. The van der Waals surface area contributed by atoms with Crippen molar-refractivity contribution in [2.24, 2.45) is 11.1 Å². The van der Waals surface area contributed by atoms with Gasteiger partial charge >= 0.3 is 18.1 Å². The van der Waals surface area contributed by atoms with E-state index in [2.05, 4.69) is 12.6 Å². The molecule has 1 atom stereocenters. The van der Waals surface area contributed by atoms with Crippen molar-refractivity contribution in [1.82, 2.24) is 4.90 Å². The molecule has 7 nitrogen and oxygen atoms in total. The number of thiol groups is 1. The Hall–Kier alpha value is -1.69. The molecule has 1 amide bonds. The smallest absolute Gasteiger partial charge is 0.475 e. The lowest BCUT2D eigenvalue weighted by atomic mass is 9.73. The van der Waals surface area contributed by atoms with E-state index in [4.69, 9.17) is 43.6 Å². The van der Waals surface area contributed by atoms with Gasteiger partial charge in [0, 0.05) is 18.8 Å². The summed E-state index contributed by atoms with van der Waals surface area (Å²) in [5.74, 6) is -2.91. The van der Waals surface area contributed by atoms with Crippen LogP contribution in [0.4, 0.5) is 13.2 Å². The van der Waals surface area contributed by atoms with E-state index in [0.717, 1.165) is 5.56 Å². The van der Waals surface area contributed by atoms with Gasteiger partial charge in [0.25, 0.3) is 0 Å². The standard InChI is InChI=1S/C17H22Cl2N2O3S.C2HF3O2/c1-24-16(23)17(9-11-3-2-4-12(18)14(11)19)5-7-21(8-6-17)15(22)13(20)10-25;3-2(4,5)1(6)7/h2-4,13,25H,5-10,20H2,1H3;(H,6,7)/t13-;/m0./s1. The lowest BCUT2D eigenvalue weighted by molar-refractivity contribution is -0.192. The minimum atomic E-state index is -5.08. The number of hydrogen-bond donors (Lipinski definition) is 3. The summed E-state index contributed by atoms with van der Waals surface area (Å²) < 4.78 is 36.8. The van der Waals surface area contributed by atoms with E-state index in [1.165, 1.54) is 7.11 Å². The van der Waals surface area contributed by atoms with Crippen LogP contribution in [-0.4, -0.2) is 66.0 Å². The van der Waals surface area contributed by atoms with E-state index in [-0.39, 0.29) is 17.6 Å². The van der Waals surface area contributed by atoms with Crippen LogP contribution in [0.15, 0.2) is 18.2 Å². The first-order valence-electron chi connectivity index (χ1n) is 9.25. The second kappa shape index (κ2) is 12.0. The van der Waals surface area contributed by atoms with E-state index < -0.39 is 23.6 Å². The predicted molar refractivity (Wildman–Crippen MR) is 116 cm³/mol. The van der Waals surface area contributed by atoms with Crippen LogP contribution in [-0.2, 0) is 25.5 Å². The van der Waals surface area contributed by atoms with Crippen LogP contribution in [0.3, 0.4) is 0 Å². The third-order valence-electron chi connectivity index (χ3n) is 4.97. The number of alkyl halides is 3. The average molecular weight is 519 g/mol. The molecule has 1 aliphatic heterocycles. The molecule has 0 aromatic heterocycles. The van der Waals surface area contributed by atoms with Gasteiger partial charge in [0.05, 0.1) is 28.6 Å². The molecular weight excluding hydrogens is 496 g/mol.